The predicted octanol–water partition coefficient (Wildman–Crippen LogP) is 5.46. The number of phenols is 2. The summed E-state index contributed by atoms with van der Waals surface area (Å²) in [7, 11) is -1.86. The van der Waals surface area contributed by atoms with E-state index in [-0.39, 0.29) is 34.5 Å². The molecule has 1 aliphatic rings. The van der Waals surface area contributed by atoms with Crippen molar-refractivity contribution in [1.29, 1.82) is 0 Å². The van der Waals surface area contributed by atoms with Gasteiger partial charge in [-0.1, -0.05) is 32.9 Å². The van der Waals surface area contributed by atoms with E-state index in [1.54, 1.807) is 11.0 Å². The molecule has 2 rings (SSSR count). The van der Waals surface area contributed by atoms with Crippen LogP contribution in [0.4, 0.5) is 4.79 Å². The fourth-order valence-electron chi connectivity index (χ4n) is 3.52. The second-order valence-corrected chi connectivity index (χ2v) is 15.7. The number of rotatable bonds is 5. The molecule has 2 N–H and O–H groups in total. The highest BCUT2D eigenvalue weighted by atomic mass is 28.4. The SMILES string of the molecule is CC(C)(C)OC(=O)N1CC(CCO[Si](C)(C)C(C)(C)C)C(c2cccc(O)c2O)C1. The van der Waals surface area contributed by atoms with Gasteiger partial charge in [0.2, 0.25) is 0 Å². The molecular formula is C23H39NO5Si. The molecule has 1 aromatic carbocycles. The molecule has 0 saturated carbocycles. The van der Waals surface area contributed by atoms with Crippen LogP contribution in [0.15, 0.2) is 18.2 Å². The second kappa shape index (κ2) is 8.79. The zero-order valence-electron chi connectivity index (χ0n) is 19.8. The predicted molar refractivity (Wildman–Crippen MR) is 122 cm³/mol. The molecule has 2 atom stereocenters. The van der Waals surface area contributed by atoms with Crippen LogP contribution < -0.4 is 0 Å². The van der Waals surface area contributed by atoms with Crippen LogP contribution in [0, 0.1) is 5.92 Å². The van der Waals surface area contributed by atoms with Gasteiger partial charge in [-0.05, 0) is 57.3 Å². The molecule has 0 bridgehead atoms. The maximum Gasteiger partial charge on any atom is 0.410 e. The van der Waals surface area contributed by atoms with Crippen molar-refractivity contribution in [2.75, 3.05) is 19.7 Å². The third-order valence-electron chi connectivity index (χ3n) is 6.30. The topological polar surface area (TPSA) is 79.2 Å². The molecule has 6 nitrogen and oxygen atoms in total. The van der Waals surface area contributed by atoms with Crippen molar-refractivity contribution in [3.05, 3.63) is 23.8 Å². The lowest BCUT2D eigenvalue weighted by molar-refractivity contribution is 0.0285. The van der Waals surface area contributed by atoms with E-state index < -0.39 is 13.9 Å². The highest BCUT2D eigenvalue weighted by Gasteiger charge is 2.41. The van der Waals surface area contributed by atoms with Crippen molar-refractivity contribution in [3.63, 3.8) is 0 Å². The average Bonchev–Trinajstić information content (AvgIpc) is 2.99. The fourth-order valence-corrected chi connectivity index (χ4v) is 4.58. The lowest BCUT2D eigenvalue weighted by atomic mass is 9.86. The van der Waals surface area contributed by atoms with Crippen LogP contribution in [0.3, 0.4) is 0 Å². The van der Waals surface area contributed by atoms with Crippen LogP contribution in [0.5, 0.6) is 11.5 Å². The van der Waals surface area contributed by atoms with Gasteiger partial charge < -0.3 is 24.3 Å². The average molecular weight is 438 g/mol. The molecule has 0 spiro atoms. The van der Waals surface area contributed by atoms with Gasteiger partial charge >= 0.3 is 6.09 Å². The number of nitrogens with zero attached hydrogens (tertiary/aromatic N) is 1. The van der Waals surface area contributed by atoms with E-state index >= 15 is 0 Å². The van der Waals surface area contributed by atoms with Gasteiger partial charge in [-0.15, -0.1) is 0 Å². The Morgan fingerprint density at radius 2 is 1.77 bits per heavy atom. The fraction of sp³-hybridized carbons (Fsp3) is 0.696. The third-order valence-corrected chi connectivity index (χ3v) is 10.8. The van der Waals surface area contributed by atoms with Gasteiger partial charge in [-0.25, -0.2) is 4.79 Å². The Kier molecular flexibility index (Phi) is 7.19. The highest BCUT2D eigenvalue weighted by molar-refractivity contribution is 6.74. The summed E-state index contributed by atoms with van der Waals surface area (Å²) in [6, 6.07) is 5.01. The number of aromatic hydroxyl groups is 2. The van der Waals surface area contributed by atoms with Crippen molar-refractivity contribution in [3.8, 4) is 11.5 Å². The van der Waals surface area contributed by atoms with Gasteiger partial charge in [0.25, 0.3) is 0 Å². The first-order valence-corrected chi connectivity index (χ1v) is 13.7. The van der Waals surface area contributed by atoms with Crippen LogP contribution in [0.2, 0.25) is 18.1 Å². The Bertz CT molecular complexity index is 751. The first kappa shape index (κ1) is 24.5. The van der Waals surface area contributed by atoms with E-state index in [9.17, 15) is 15.0 Å². The number of carbonyl (C=O) groups excluding carboxylic acids is 1. The summed E-state index contributed by atoms with van der Waals surface area (Å²) in [5, 5.41) is 20.5. The number of hydrogen-bond donors (Lipinski definition) is 2. The maximum atomic E-state index is 12.7. The lowest BCUT2D eigenvalue weighted by Gasteiger charge is -2.36. The van der Waals surface area contributed by atoms with Crippen molar-refractivity contribution >= 4 is 14.4 Å². The van der Waals surface area contributed by atoms with Gasteiger partial charge in [0.05, 0.1) is 0 Å². The molecule has 30 heavy (non-hydrogen) atoms. The van der Waals surface area contributed by atoms with Gasteiger partial charge in [0.15, 0.2) is 19.8 Å². The standard InChI is InChI=1S/C23H39NO5Si/c1-22(2,3)29-21(27)24-14-16(12-13-28-30(7,8)23(4,5)6)18(15-24)17-10-9-11-19(25)20(17)26/h9-11,16,18,25-26H,12-15H2,1-8H3. The minimum atomic E-state index is -1.86. The van der Waals surface area contributed by atoms with Crippen LogP contribution >= 0.6 is 0 Å². The molecule has 2 unspecified atom stereocenters. The van der Waals surface area contributed by atoms with Crippen molar-refractivity contribution in [1.82, 2.24) is 4.90 Å². The summed E-state index contributed by atoms with van der Waals surface area (Å²) in [5.74, 6) is -0.231. The summed E-state index contributed by atoms with van der Waals surface area (Å²) >= 11 is 0. The molecule has 0 radical (unpaired) electrons. The lowest BCUT2D eigenvalue weighted by Crippen LogP contribution is -2.41. The van der Waals surface area contributed by atoms with E-state index in [0.717, 1.165) is 6.42 Å². The Morgan fingerprint density at radius 3 is 2.33 bits per heavy atom. The number of likely N-dealkylation sites (tertiary alicyclic amines) is 1. The van der Waals surface area contributed by atoms with Crippen LogP contribution in [0.25, 0.3) is 0 Å². The van der Waals surface area contributed by atoms with Gasteiger partial charge in [-0.3, -0.25) is 0 Å². The first-order chi connectivity index (χ1) is 13.6. The Balaban J connectivity index is 2.19. The quantitative estimate of drug-likeness (QED) is 0.472. The van der Waals surface area contributed by atoms with Crippen LogP contribution in [0.1, 0.15) is 59.4 Å². The number of phenolic OH excluding ortho intramolecular Hbond substituents is 2. The second-order valence-electron chi connectivity index (χ2n) is 10.9. The smallest absolute Gasteiger partial charge is 0.410 e. The Morgan fingerprint density at radius 1 is 1.13 bits per heavy atom. The number of para-hydroxylation sites is 1. The molecule has 1 saturated heterocycles. The minimum absolute atomic E-state index is 0.0902. The van der Waals surface area contributed by atoms with Crippen LogP contribution in [-0.2, 0) is 9.16 Å². The summed E-state index contributed by atoms with van der Waals surface area (Å²) in [6.07, 6.45) is 0.422. The summed E-state index contributed by atoms with van der Waals surface area (Å²) < 4.78 is 11.9. The number of amides is 1. The Labute approximate surface area is 182 Å². The van der Waals surface area contributed by atoms with E-state index in [0.29, 0.717) is 25.3 Å². The zero-order chi connectivity index (χ0) is 22.9. The molecule has 1 fully saturated rings. The molecule has 7 heteroatoms. The molecule has 170 valence electrons. The summed E-state index contributed by atoms with van der Waals surface area (Å²) in [5.41, 5.74) is 0.0990. The summed E-state index contributed by atoms with van der Waals surface area (Å²) in [6.45, 7) is 18.2. The number of hydrogen-bond acceptors (Lipinski definition) is 5. The molecule has 0 aliphatic carbocycles. The van der Waals surface area contributed by atoms with E-state index in [1.807, 2.05) is 26.8 Å². The molecule has 1 heterocycles. The summed E-state index contributed by atoms with van der Waals surface area (Å²) in [4.78, 5) is 14.4. The van der Waals surface area contributed by atoms with Crippen molar-refractivity contribution < 1.29 is 24.2 Å². The largest absolute Gasteiger partial charge is 0.504 e. The van der Waals surface area contributed by atoms with Gasteiger partial charge in [-0.2, -0.15) is 0 Å². The maximum absolute atomic E-state index is 12.7. The van der Waals surface area contributed by atoms with E-state index in [4.69, 9.17) is 9.16 Å². The zero-order valence-corrected chi connectivity index (χ0v) is 20.8. The molecule has 1 aromatic rings. The van der Waals surface area contributed by atoms with Gasteiger partial charge in [0.1, 0.15) is 5.60 Å². The molecular weight excluding hydrogens is 398 g/mol. The third kappa shape index (κ3) is 5.91. The molecule has 1 amide bonds. The normalized spacial score (nSPS) is 20.5. The number of ether oxygens (including phenoxy) is 1. The van der Waals surface area contributed by atoms with Crippen LogP contribution in [-0.4, -0.2) is 54.8 Å². The number of carbonyl (C=O) groups is 1. The minimum Gasteiger partial charge on any atom is -0.504 e. The molecule has 1 aliphatic heterocycles. The number of benzene rings is 1. The van der Waals surface area contributed by atoms with Crippen molar-refractivity contribution in [2.24, 2.45) is 5.92 Å². The molecule has 0 aromatic heterocycles. The van der Waals surface area contributed by atoms with E-state index in [2.05, 4.69) is 33.9 Å². The Hall–Kier alpha value is -1.73. The monoisotopic (exact) mass is 437 g/mol. The van der Waals surface area contributed by atoms with E-state index in [1.165, 1.54) is 6.07 Å². The van der Waals surface area contributed by atoms with Gasteiger partial charge in [0, 0.05) is 31.2 Å². The first-order valence-electron chi connectivity index (χ1n) is 10.7. The van der Waals surface area contributed by atoms with Crippen molar-refractivity contribution in [2.45, 2.75) is 77.6 Å². The highest BCUT2D eigenvalue weighted by Crippen LogP contribution is 2.43.